The zero-order valence-electron chi connectivity index (χ0n) is 7.97. The third-order valence-electron chi connectivity index (χ3n) is 1.67. The van der Waals surface area contributed by atoms with Crippen LogP contribution in [0.15, 0.2) is 22.7 Å². The number of anilines is 1. The van der Waals surface area contributed by atoms with Crippen LogP contribution in [0.4, 0.5) is 5.69 Å². The van der Waals surface area contributed by atoms with Crippen LogP contribution in [0.2, 0.25) is 0 Å². The third-order valence-corrected chi connectivity index (χ3v) is 2.54. The van der Waals surface area contributed by atoms with Gasteiger partial charge >= 0.3 is 0 Å². The first-order valence-electron chi connectivity index (χ1n) is 4.21. The smallest absolute Gasteiger partial charge is 0.237 e. The van der Waals surface area contributed by atoms with Crippen LogP contribution in [-0.2, 0) is 4.79 Å². The maximum Gasteiger partial charge on any atom is 0.237 e. The molecule has 1 unspecified atom stereocenters. The Morgan fingerprint density at radius 3 is 2.57 bits per heavy atom. The lowest BCUT2D eigenvalue weighted by molar-refractivity contribution is -0.115. The second-order valence-corrected chi connectivity index (χ2v) is 5.41. The van der Waals surface area contributed by atoms with Gasteiger partial charge in [-0.3, -0.25) is 4.79 Å². The molecule has 0 saturated carbocycles. The summed E-state index contributed by atoms with van der Waals surface area (Å²) in [6.07, 6.45) is 0. The molecule has 2 nitrogen and oxygen atoms in total. The highest BCUT2D eigenvalue weighted by atomic mass is 79.9. The molecule has 0 saturated heterocycles. The number of alkyl halides is 1. The van der Waals surface area contributed by atoms with Crippen LogP contribution in [0.5, 0.6) is 0 Å². The first-order valence-corrected chi connectivity index (χ1v) is 5.92. The molecule has 1 amide bonds. The molecule has 1 rings (SSSR count). The lowest BCUT2D eigenvalue weighted by atomic mass is 10.2. The van der Waals surface area contributed by atoms with Gasteiger partial charge in [-0.05, 0) is 37.6 Å². The number of aryl methyl sites for hydroxylation is 1. The predicted molar refractivity (Wildman–Crippen MR) is 65.9 cm³/mol. The largest absolute Gasteiger partial charge is 0.325 e. The first-order chi connectivity index (χ1) is 6.49. The number of carbonyl (C=O) groups excluding carboxylic acids is 1. The number of rotatable bonds is 2. The van der Waals surface area contributed by atoms with Crippen molar-refractivity contribution < 1.29 is 4.79 Å². The molecule has 4 heteroatoms. The van der Waals surface area contributed by atoms with Crippen molar-refractivity contribution >= 4 is 43.5 Å². The van der Waals surface area contributed by atoms with Gasteiger partial charge in [0, 0.05) is 10.2 Å². The number of halogens is 2. The van der Waals surface area contributed by atoms with Crippen molar-refractivity contribution in [3.8, 4) is 0 Å². The molecule has 1 atom stereocenters. The van der Waals surface area contributed by atoms with Gasteiger partial charge in [0.2, 0.25) is 5.91 Å². The number of benzene rings is 1. The molecule has 1 aromatic carbocycles. The first kappa shape index (κ1) is 11.7. The zero-order valence-corrected chi connectivity index (χ0v) is 11.1. The van der Waals surface area contributed by atoms with Gasteiger partial charge in [0.1, 0.15) is 0 Å². The minimum atomic E-state index is -0.179. The normalized spacial score (nSPS) is 12.3. The van der Waals surface area contributed by atoms with E-state index in [1.807, 2.05) is 25.1 Å². The van der Waals surface area contributed by atoms with E-state index < -0.39 is 0 Å². The number of hydrogen-bond donors (Lipinski definition) is 1. The van der Waals surface area contributed by atoms with Gasteiger partial charge in [0.05, 0.1) is 4.83 Å². The highest BCUT2D eigenvalue weighted by Gasteiger charge is 2.08. The molecule has 0 aliphatic carbocycles. The van der Waals surface area contributed by atoms with E-state index in [1.165, 1.54) is 0 Å². The average Bonchev–Trinajstić information content (AvgIpc) is 2.01. The van der Waals surface area contributed by atoms with E-state index >= 15 is 0 Å². The summed E-state index contributed by atoms with van der Waals surface area (Å²) < 4.78 is 0.968. The standard InChI is InChI=1S/C10H11Br2NO/c1-6-3-8(12)5-9(4-6)13-10(14)7(2)11/h3-5,7H,1-2H3,(H,13,14). The highest BCUT2D eigenvalue weighted by Crippen LogP contribution is 2.19. The summed E-state index contributed by atoms with van der Waals surface area (Å²) in [4.78, 5) is 11.2. The highest BCUT2D eigenvalue weighted by molar-refractivity contribution is 9.10. The second kappa shape index (κ2) is 4.94. The van der Waals surface area contributed by atoms with Gasteiger partial charge < -0.3 is 5.32 Å². The molecule has 0 spiro atoms. The van der Waals surface area contributed by atoms with Crippen LogP contribution in [-0.4, -0.2) is 10.7 Å². The number of nitrogens with one attached hydrogen (secondary N) is 1. The molecule has 0 aliphatic rings. The third kappa shape index (κ3) is 3.42. The topological polar surface area (TPSA) is 29.1 Å². The summed E-state index contributed by atoms with van der Waals surface area (Å²) in [6, 6.07) is 5.80. The van der Waals surface area contributed by atoms with Crippen LogP contribution >= 0.6 is 31.9 Å². The monoisotopic (exact) mass is 319 g/mol. The Balaban J connectivity index is 2.82. The van der Waals surface area contributed by atoms with E-state index in [1.54, 1.807) is 6.92 Å². The molecule has 0 aromatic heterocycles. The predicted octanol–water partition coefficient (Wildman–Crippen LogP) is 3.48. The molecule has 1 aromatic rings. The zero-order chi connectivity index (χ0) is 10.7. The number of carbonyl (C=O) groups is 1. The Kier molecular flexibility index (Phi) is 4.13. The second-order valence-electron chi connectivity index (χ2n) is 3.12. The average molecular weight is 321 g/mol. The lowest BCUT2D eigenvalue weighted by Gasteiger charge is -2.07. The van der Waals surface area contributed by atoms with Crippen LogP contribution in [0, 0.1) is 6.92 Å². The Bertz CT molecular complexity index is 330. The van der Waals surface area contributed by atoms with Crippen LogP contribution in [0.25, 0.3) is 0 Å². The number of hydrogen-bond acceptors (Lipinski definition) is 1. The van der Waals surface area contributed by atoms with Gasteiger partial charge in [-0.15, -0.1) is 0 Å². The van der Waals surface area contributed by atoms with Crippen LogP contribution in [0.1, 0.15) is 12.5 Å². The molecule has 0 aliphatic heterocycles. The van der Waals surface area contributed by atoms with E-state index in [9.17, 15) is 4.79 Å². The summed E-state index contributed by atoms with van der Waals surface area (Å²) in [7, 11) is 0. The van der Waals surface area contributed by atoms with Crippen molar-refractivity contribution in [1.82, 2.24) is 0 Å². The quantitative estimate of drug-likeness (QED) is 0.830. The van der Waals surface area contributed by atoms with Crippen molar-refractivity contribution in [2.75, 3.05) is 5.32 Å². The van der Waals surface area contributed by atoms with Gasteiger partial charge in [-0.25, -0.2) is 0 Å². The molecular weight excluding hydrogens is 310 g/mol. The van der Waals surface area contributed by atoms with Crippen LogP contribution in [0.3, 0.4) is 0 Å². The molecular formula is C10H11Br2NO. The summed E-state index contributed by atoms with van der Waals surface area (Å²) in [5, 5.41) is 2.81. The summed E-state index contributed by atoms with van der Waals surface area (Å²) in [5.74, 6) is -0.0394. The van der Waals surface area contributed by atoms with Gasteiger partial charge in [0.15, 0.2) is 0 Å². The maximum absolute atomic E-state index is 11.4. The van der Waals surface area contributed by atoms with E-state index in [0.717, 1.165) is 15.7 Å². The van der Waals surface area contributed by atoms with Crippen molar-refractivity contribution in [3.05, 3.63) is 28.2 Å². The van der Waals surface area contributed by atoms with Gasteiger partial charge in [-0.1, -0.05) is 31.9 Å². The van der Waals surface area contributed by atoms with E-state index in [4.69, 9.17) is 0 Å². The van der Waals surface area contributed by atoms with Crippen molar-refractivity contribution in [3.63, 3.8) is 0 Å². The van der Waals surface area contributed by atoms with Crippen molar-refractivity contribution in [1.29, 1.82) is 0 Å². The summed E-state index contributed by atoms with van der Waals surface area (Å²) in [6.45, 7) is 3.78. The van der Waals surface area contributed by atoms with Crippen molar-refractivity contribution in [2.45, 2.75) is 18.7 Å². The molecule has 0 bridgehead atoms. The fourth-order valence-corrected chi connectivity index (χ4v) is 1.77. The summed E-state index contributed by atoms with van der Waals surface area (Å²) >= 11 is 6.59. The van der Waals surface area contributed by atoms with Crippen LogP contribution < -0.4 is 5.32 Å². The lowest BCUT2D eigenvalue weighted by Crippen LogP contribution is -2.19. The fraction of sp³-hybridized carbons (Fsp3) is 0.300. The molecule has 1 N–H and O–H groups in total. The fourth-order valence-electron chi connectivity index (χ4n) is 1.05. The van der Waals surface area contributed by atoms with Gasteiger partial charge in [-0.2, -0.15) is 0 Å². The molecule has 0 fully saturated rings. The molecule has 0 radical (unpaired) electrons. The maximum atomic E-state index is 11.4. The Hall–Kier alpha value is -0.350. The van der Waals surface area contributed by atoms with Gasteiger partial charge in [0.25, 0.3) is 0 Å². The SMILES string of the molecule is Cc1cc(Br)cc(NC(=O)C(C)Br)c1. The van der Waals surface area contributed by atoms with E-state index in [-0.39, 0.29) is 10.7 Å². The summed E-state index contributed by atoms with van der Waals surface area (Å²) in [5.41, 5.74) is 1.92. The number of amides is 1. The Labute approximate surface area is 100 Å². The Morgan fingerprint density at radius 2 is 2.07 bits per heavy atom. The minimum absolute atomic E-state index is 0.0394. The Morgan fingerprint density at radius 1 is 1.43 bits per heavy atom. The molecule has 14 heavy (non-hydrogen) atoms. The van der Waals surface area contributed by atoms with Crippen molar-refractivity contribution in [2.24, 2.45) is 0 Å². The van der Waals surface area contributed by atoms with E-state index in [2.05, 4.69) is 37.2 Å². The molecule has 76 valence electrons. The van der Waals surface area contributed by atoms with E-state index in [0.29, 0.717) is 0 Å². The minimum Gasteiger partial charge on any atom is -0.325 e. The molecule has 0 heterocycles.